The Morgan fingerprint density at radius 3 is 1.69 bits per heavy atom. The summed E-state index contributed by atoms with van der Waals surface area (Å²) in [7, 11) is 1.36. The molecule has 2 rings (SSSR count). The fourth-order valence-electron chi connectivity index (χ4n) is 7.45. The summed E-state index contributed by atoms with van der Waals surface area (Å²) in [4.78, 5) is 106. The fraction of sp³-hybridized carbons (Fsp3) is 0.553. The SMILES string of the molecule is CC(C)C[C@H](NC(=O)[C@H](Cc1ccc([N+](=O)[O-])cc1)NC(=O)CN(C)C(=O)[C@@H](N)Cc1ccc(O)cc1)C(=O)N[C@@H](CCCNC(=N)N)C(=O)N[C@H](CCCNC(=N)N)C(=O)CCCCCCCC(N)=O. The van der Waals surface area contributed by atoms with E-state index >= 15 is 0 Å². The highest BCUT2D eigenvalue weighted by Crippen LogP contribution is 2.16. The zero-order chi connectivity index (χ0) is 53.0. The van der Waals surface area contributed by atoms with Gasteiger partial charge in [-0.2, -0.15) is 0 Å². The number of primary amides is 1. The van der Waals surface area contributed by atoms with E-state index in [9.17, 15) is 48.8 Å². The van der Waals surface area contributed by atoms with Gasteiger partial charge < -0.3 is 64.8 Å². The van der Waals surface area contributed by atoms with Crippen LogP contribution < -0.4 is 54.8 Å². The second-order valence-corrected chi connectivity index (χ2v) is 17.9. The molecule has 0 spiro atoms. The summed E-state index contributed by atoms with van der Waals surface area (Å²) in [5.74, 6) is -4.97. The number of unbranched alkanes of at least 4 members (excludes halogenated alkanes) is 4. The van der Waals surface area contributed by atoms with Crippen LogP contribution in [0.5, 0.6) is 5.75 Å². The molecule has 24 heteroatoms. The van der Waals surface area contributed by atoms with Gasteiger partial charge in [0.1, 0.15) is 23.9 Å². The number of nitro groups is 1. The number of ketones is 1. The topological polar surface area (TPSA) is 410 Å². The van der Waals surface area contributed by atoms with Crippen LogP contribution in [0.1, 0.15) is 102 Å². The summed E-state index contributed by atoms with van der Waals surface area (Å²) in [5, 5.41) is 52.2. The van der Waals surface area contributed by atoms with E-state index in [4.69, 9.17) is 33.8 Å². The third kappa shape index (κ3) is 24.7. The van der Waals surface area contributed by atoms with E-state index in [1.54, 1.807) is 26.0 Å². The molecule has 2 aromatic carbocycles. The molecular formula is C47H74N14O10. The van der Waals surface area contributed by atoms with Crippen molar-refractivity contribution in [1.29, 1.82) is 10.8 Å². The van der Waals surface area contributed by atoms with E-state index in [1.807, 2.05) is 0 Å². The Kier molecular flexibility index (Phi) is 26.7. The number of guanidine groups is 2. The molecule has 0 radical (unpaired) electrons. The summed E-state index contributed by atoms with van der Waals surface area (Å²) in [6, 6.07) is 5.49. The van der Waals surface area contributed by atoms with Crippen LogP contribution in [-0.2, 0) is 46.4 Å². The van der Waals surface area contributed by atoms with Crippen molar-refractivity contribution < 1.29 is 43.6 Å². The number of carbonyl (C=O) groups excluding carboxylic acids is 7. The second-order valence-electron chi connectivity index (χ2n) is 17.9. The highest BCUT2D eigenvalue weighted by atomic mass is 16.6. The molecule has 71 heavy (non-hydrogen) atoms. The Morgan fingerprint density at radius 1 is 0.662 bits per heavy atom. The van der Waals surface area contributed by atoms with Crippen LogP contribution in [0.2, 0.25) is 0 Å². The molecule has 0 unspecified atom stereocenters. The minimum Gasteiger partial charge on any atom is -0.508 e. The maximum Gasteiger partial charge on any atom is 0.269 e. The number of likely N-dealkylation sites (N-methyl/N-ethyl adjacent to an activating group) is 1. The Balaban J connectivity index is 2.36. The first-order valence-electron chi connectivity index (χ1n) is 23.7. The summed E-state index contributed by atoms with van der Waals surface area (Å²) in [6.45, 7) is 3.50. The van der Waals surface area contributed by atoms with Crippen LogP contribution in [-0.4, -0.2) is 125 Å². The maximum absolute atomic E-state index is 14.3. The van der Waals surface area contributed by atoms with Crippen molar-refractivity contribution in [1.82, 2.24) is 36.8 Å². The van der Waals surface area contributed by atoms with Crippen molar-refractivity contribution in [2.45, 2.75) is 134 Å². The van der Waals surface area contributed by atoms with Gasteiger partial charge in [-0.25, -0.2) is 0 Å². The number of benzene rings is 2. The smallest absolute Gasteiger partial charge is 0.269 e. The zero-order valence-corrected chi connectivity index (χ0v) is 40.9. The van der Waals surface area contributed by atoms with Gasteiger partial charge in [0.05, 0.1) is 23.6 Å². The van der Waals surface area contributed by atoms with Crippen LogP contribution in [0.15, 0.2) is 48.5 Å². The number of phenolic OH excluding ortho intramolecular Hbond substituents is 1. The first-order valence-corrected chi connectivity index (χ1v) is 23.7. The Bertz CT molecular complexity index is 2110. The van der Waals surface area contributed by atoms with Gasteiger partial charge in [-0.3, -0.25) is 54.5 Å². The van der Waals surface area contributed by atoms with E-state index < -0.39 is 71.2 Å². The van der Waals surface area contributed by atoms with Crippen LogP contribution in [0.4, 0.5) is 5.69 Å². The first kappa shape index (κ1) is 59.8. The van der Waals surface area contributed by atoms with Crippen molar-refractivity contribution in [3.8, 4) is 5.75 Å². The van der Waals surface area contributed by atoms with Gasteiger partial charge in [-0.15, -0.1) is 0 Å². The lowest BCUT2D eigenvalue weighted by Gasteiger charge is -2.28. The van der Waals surface area contributed by atoms with Crippen LogP contribution in [0.3, 0.4) is 0 Å². The number of hydrogen-bond donors (Lipinski definition) is 13. The lowest BCUT2D eigenvalue weighted by Crippen LogP contribution is -2.58. The predicted octanol–water partition coefficient (Wildman–Crippen LogP) is 0.168. The zero-order valence-electron chi connectivity index (χ0n) is 40.9. The standard InChI is InChI=1S/C47H74N14O10/c1-29(2)25-37(43(67)58-36(12-10-24-55-47(52)53)42(66)57-35(11-9-23-54-46(50)51)39(63)13-7-5-4-6-8-14-40(49)64)59-44(68)38(27-31-15-19-32(20-16-31)61(70)71)56-41(65)28-60(3)45(69)34(48)26-30-17-21-33(62)22-18-30/h15-22,29,34-38,62H,4-14,23-28,48H2,1-3H3,(H2,49,64)(H,56,65)(H,57,66)(H,58,67)(H,59,68)(H4,50,51,54)(H4,52,53,55)/t34-,35+,36-,37-,38-/m0/s1. The first-order chi connectivity index (χ1) is 33.6. The van der Waals surface area contributed by atoms with Crippen molar-refractivity contribution in [2.24, 2.45) is 28.9 Å². The number of phenols is 1. The minimum atomic E-state index is -1.38. The second kappa shape index (κ2) is 31.7. The average molecular weight is 995 g/mol. The van der Waals surface area contributed by atoms with Gasteiger partial charge in [0.15, 0.2) is 17.7 Å². The quantitative estimate of drug-likeness (QED) is 0.0146. The third-order valence-electron chi connectivity index (χ3n) is 11.2. The monoisotopic (exact) mass is 995 g/mol. The van der Waals surface area contributed by atoms with Crippen molar-refractivity contribution in [2.75, 3.05) is 26.7 Å². The largest absolute Gasteiger partial charge is 0.508 e. The summed E-state index contributed by atoms with van der Waals surface area (Å²) >= 11 is 0. The van der Waals surface area contributed by atoms with Crippen LogP contribution in [0.25, 0.3) is 0 Å². The molecule has 0 heterocycles. The fourth-order valence-corrected chi connectivity index (χ4v) is 7.45. The maximum atomic E-state index is 14.3. The van der Waals surface area contributed by atoms with E-state index in [-0.39, 0.29) is 105 Å². The molecular weight excluding hydrogens is 921 g/mol. The summed E-state index contributed by atoms with van der Waals surface area (Å²) in [6.07, 6.45) is 4.60. The molecule has 0 saturated carbocycles. The number of aromatic hydroxyl groups is 1. The molecule has 392 valence electrons. The molecule has 0 fully saturated rings. The summed E-state index contributed by atoms with van der Waals surface area (Å²) in [5.41, 5.74) is 23.2. The number of amides is 6. The Labute approximate surface area is 414 Å². The van der Waals surface area contributed by atoms with Gasteiger partial charge in [0.2, 0.25) is 35.4 Å². The number of rotatable bonds is 34. The predicted molar refractivity (Wildman–Crippen MR) is 266 cm³/mol. The molecule has 17 N–H and O–H groups in total. The van der Waals surface area contributed by atoms with Gasteiger partial charge in [0, 0.05) is 51.5 Å². The van der Waals surface area contributed by atoms with E-state index in [0.29, 0.717) is 36.8 Å². The molecule has 5 atom stereocenters. The van der Waals surface area contributed by atoms with Crippen LogP contribution >= 0.6 is 0 Å². The highest BCUT2D eigenvalue weighted by molar-refractivity contribution is 5.96. The number of nitrogens with two attached hydrogens (primary N) is 4. The number of Topliss-reactive ketones (excluding diaryl/α,β-unsaturated/α-hetero) is 1. The van der Waals surface area contributed by atoms with E-state index in [1.165, 1.54) is 43.4 Å². The number of nitrogens with zero attached hydrogens (tertiary/aromatic N) is 2. The Morgan fingerprint density at radius 2 is 1.14 bits per heavy atom. The molecule has 0 aliphatic heterocycles. The molecule has 24 nitrogen and oxygen atoms in total. The molecule has 2 aromatic rings. The summed E-state index contributed by atoms with van der Waals surface area (Å²) < 4.78 is 0. The number of non-ortho nitro benzene ring substituents is 1. The number of nitrogens with one attached hydrogen (secondary N) is 8. The molecule has 0 aliphatic carbocycles. The molecule has 0 bridgehead atoms. The highest BCUT2D eigenvalue weighted by Gasteiger charge is 2.32. The van der Waals surface area contributed by atoms with Gasteiger partial charge in [0.25, 0.3) is 5.69 Å². The number of nitro benzene ring substituents is 1. The third-order valence-corrected chi connectivity index (χ3v) is 11.2. The van der Waals surface area contributed by atoms with Crippen molar-refractivity contribution >= 4 is 58.8 Å². The van der Waals surface area contributed by atoms with E-state index in [2.05, 4.69) is 31.9 Å². The molecule has 0 aromatic heterocycles. The lowest BCUT2D eigenvalue weighted by molar-refractivity contribution is -0.384. The minimum absolute atomic E-state index is 0.0158. The molecule has 0 aliphatic rings. The molecule has 6 amide bonds. The normalized spacial score (nSPS) is 13.0. The van der Waals surface area contributed by atoms with Crippen LogP contribution in [0, 0.1) is 26.9 Å². The number of carbonyl (C=O) groups is 7. The average Bonchev–Trinajstić information content (AvgIpc) is 3.30. The molecule has 0 saturated heterocycles. The van der Waals surface area contributed by atoms with Crippen molar-refractivity contribution in [3.05, 3.63) is 69.8 Å². The van der Waals surface area contributed by atoms with Crippen molar-refractivity contribution in [3.63, 3.8) is 0 Å². The Hall–Kier alpha value is -7.37. The van der Waals surface area contributed by atoms with Gasteiger partial charge >= 0.3 is 0 Å². The van der Waals surface area contributed by atoms with Gasteiger partial charge in [-0.05, 0) is 80.5 Å². The number of hydrogen-bond acceptors (Lipinski definition) is 13. The van der Waals surface area contributed by atoms with E-state index in [0.717, 1.165) is 17.7 Å². The van der Waals surface area contributed by atoms with Gasteiger partial charge in [-0.1, -0.05) is 57.4 Å². The lowest BCUT2D eigenvalue weighted by atomic mass is 9.99.